The minimum Gasteiger partial charge on any atom is -0.382 e. The lowest BCUT2D eigenvalue weighted by molar-refractivity contribution is 0.0739. The van der Waals surface area contributed by atoms with Gasteiger partial charge in [-0.1, -0.05) is 15.9 Å². The van der Waals surface area contributed by atoms with E-state index in [0.29, 0.717) is 5.56 Å². The van der Waals surface area contributed by atoms with Crippen LogP contribution in [-0.4, -0.2) is 31.1 Å². The van der Waals surface area contributed by atoms with Gasteiger partial charge in [-0.25, -0.2) is 0 Å². The van der Waals surface area contributed by atoms with E-state index in [2.05, 4.69) is 46.3 Å². The van der Waals surface area contributed by atoms with Crippen molar-refractivity contribution in [2.75, 3.05) is 26.0 Å². The lowest BCUT2D eigenvalue weighted by Crippen LogP contribution is -2.54. The summed E-state index contributed by atoms with van der Waals surface area (Å²) in [6.45, 7) is 0.899. The van der Waals surface area contributed by atoms with Crippen LogP contribution >= 0.6 is 15.9 Å². The van der Waals surface area contributed by atoms with Gasteiger partial charge in [0, 0.05) is 16.6 Å². The Balaban J connectivity index is 2.09. The Kier molecular flexibility index (Phi) is 3.94. The van der Waals surface area contributed by atoms with Gasteiger partial charge in [0.05, 0.1) is 11.3 Å². The van der Waals surface area contributed by atoms with Crippen molar-refractivity contribution in [1.29, 1.82) is 5.26 Å². The average Bonchev–Trinajstić information content (AvgIpc) is 2.28. The van der Waals surface area contributed by atoms with Crippen molar-refractivity contribution in [2.45, 2.75) is 24.8 Å². The maximum atomic E-state index is 9.13. The molecule has 18 heavy (non-hydrogen) atoms. The molecule has 0 radical (unpaired) electrons. The molecule has 1 fully saturated rings. The number of nitriles is 1. The Bertz CT molecular complexity index is 472. The van der Waals surface area contributed by atoms with E-state index < -0.39 is 0 Å². The molecule has 3 nitrogen and oxygen atoms in total. The summed E-state index contributed by atoms with van der Waals surface area (Å²) >= 11 is 3.39. The van der Waals surface area contributed by atoms with E-state index in [0.717, 1.165) is 16.7 Å². The summed E-state index contributed by atoms with van der Waals surface area (Å²) in [4.78, 5) is 2.30. The number of nitrogens with zero attached hydrogens (tertiary/aromatic N) is 2. The van der Waals surface area contributed by atoms with Crippen LogP contribution in [0.4, 0.5) is 5.69 Å². The van der Waals surface area contributed by atoms with Crippen LogP contribution in [0.25, 0.3) is 0 Å². The molecule has 0 aliphatic heterocycles. The molecular weight excluding hydrogens is 290 g/mol. The molecule has 0 atom stereocenters. The molecule has 4 heteroatoms. The summed E-state index contributed by atoms with van der Waals surface area (Å²) in [6, 6.07) is 8.01. The molecule has 0 spiro atoms. The topological polar surface area (TPSA) is 39.1 Å². The van der Waals surface area contributed by atoms with Crippen molar-refractivity contribution in [3.05, 3.63) is 28.2 Å². The quantitative estimate of drug-likeness (QED) is 0.928. The van der Waals surface area contributed by atoms with Crippen LogP contribution < -0.4 is 5.32 Å². The molecule has 96 valence electrons. The standard InChI is InChI=1S/C14H18BrN3/c1-18(2)14(6-3-7-14)10-17-13-5-4-12(15)8-11(13)9-16/h4-5,8,17H,3,6-7,10H2,1-2H3. The van der Waals surface area contributed by atoms with Gasteiger partial charge < -0.3 is 10.2 Å². The highest BCUT2D eigenvalue weighted by Gasteiger charge is 2.38. The number of anilines is 1. The van der Waals surface area contributed by atoms with E-state index in [9.17, 15) is 0 Å². The first-order chi connectivity index (χ1) is 8.57. The van der Waals surface area contributed by atoms with E-state index in [4.69, 9.17) is 5.26 Å². The third-order valence-corrected chi connectivity index (χ3v) is 4.44. The van der Waals surface area contributed by atoms with Crippen LogP contribution in [0.15, 0.2) is 22.7 Å². The first-order valence-electron chi connectivity index (χ1n) is 6.18. The summed E-state index contributed by atoms with van der Waals surface area (Å²) in [6.07, 6.45) is 3.75. The molecule has 1 N–H and O–H groups in total. The molecule has 0 unspecified atom stereocenters. The lowest BCUT2D eigenvalue weighted by atomic mass is 9.75. The minimum atomic E-state index is 0.264. The van der Waals surface area contributed by atoms with Crippen LogP contribution in [0.2, 0.25) is 0 Å². The molecule has 2 rings (SSSR count). The maximum absolute atomic E-state index is 9.13. The molecule has 1 aliphatic carbocycles. The molecular formula is C14H18BrN3. The fourth-order valence-electron chi connectivity index (χ4n) is 2.39. The predicted octanol–water partition coefficient (Wildman–Crippen LogP) is 3.22. The first-order valence-corrected chi connectivity index (χ1v) is 6.98. The molecule has 0 amide bonds. The number of hydrogen-bond donors (Lipinski definition) is 1. The fraction of sp³-hybridized carbons (Fsp3) is 0.500. The van der Waals surface area contributed by atoms with Crippen molar-refractivity contribution in [2.24, 2.45) is 0 Å². The number of nitrogens with one attached hydrogen (secondary N) is 1. The Morgan fingerprint density at radius 3 is 2.67 bits per heavy atom. The van der Waals surface area contributed by atoms with Crippen LogP contribution in [0.5, 0.6) is 0 Å². The van der Waals surface area contributed by atoms with Crippen LogP contribution in [0.3, 0.4) is 0 Å². The zero-order valence-corrected chi connectivity index (χ0v) is 12.4. The zero-order chi connectivity index (χ0) is 13.2. The van der Waals surface area contributed by atoms with Crippen molar-refractivity contribution in [3.63, 3.8) is 0 Å². The third kappa shape index (κ3) is 2.52. The van der Waals surface area contributed by atoms with Gasteiger partial charge in [-0.15, -0.1) is 0 Å². The number of hydrogen-bond acceptors (Lipinski definition) is 3. The Morgan fingerprint density at radius 2 is 2.17 bits per heavy atom. The van der Waals surface area contributed by atoms with E-state index in [1.54, 1.807) is 0 Å². The summed E-state index contributed by atoms with van der Waals surface area (Å²) in [5.41, 5.74) is 1.88. The van der Waals surface area contributed by atoms with Gasteiger partial charge in [-0.05, 0) is 51.6 Å². The lowest BCUT2D eigenvalue weighted by Gasteiger charge is -2.47. The fourth-order valence-corrected chi connectivity index (χ4v) is 2.75. The molecule has 0 aromatic heterocycles. The first kappa shape index (κ1) is 13.4. The smallest absolute Gasteiger partial charge is 0.101 e. The highest BCUT2D eigenvalue weighted by atomic mass is 79.9. The minimum absolute atomic E-state index is 0.264. The molecule has 1 saturated carbocycles. The van der Waals surface area contributed by atoms with Crippen LogP contribution in [-0.2, 0) is 0 Å². The van der Waals surface area contributed by atoms with Crippen molar-refractivity contribution in [3.8, 4) is 6.07 Å². The van der Waals surface area contributed by atoms with Gasteiger partial charge in [0.25, 0.3) is 0 Å². The summed E-state index contributed by atoms with van der Waals surface area (Å²) in [5, 5.41) is 12.6. The van der Waals surface area contributed by atoms with E-state index in [-0.39, 0.29) is 5.54 Å². The number of likely N-dealkylation sites (N-methyl/N-ethyl adjacent to an activating group) is 1. The number of halogens is 1. The van der Waals surface area contributed by atoms with Gasteiger partial charge in [0.15, 0.2) is 0 Å². The largest absolute Gasteiger partial charge is 0.382 e. The van der Waals surface area contributed by atoms with Gasteiger partial charge in [-0.2, -0.15) is 5.26 Å². The Labute approximate surface area is 117 Å². The number of rotatable bonds is 4. The predicted molar refractivity (Wildman–Crippen MR) is 77.6 cm³/mol. The van der Waals surface area contributed by atoms with E-state index >= 15 is 0 Å². The van der Waals surface area contributed by atoms with Gasteiger partial charge in [-0.3, -0.25) is 0 Å². The van der Waals surface area contributed by atoms with Crippen molar-refractivity contribution >= 4 is 21.6 Å². The summed E-state index contributed by atoms with van der Waals surface area (Å²) in [7, 11) is 4.27. The Hall–Kier alpha value is -1.05. The zero-order valence-electron chi connectivity index (χ0n) is 10.8. The summed E-state index contributed by atoms with van der Waals surface area (Å²) < 4.78 is 0.940. The van der Waals surface area contributed by atoms with Gasteiger partial charge >= 0.3 is 0 Å². The molecule has 0 saturated heterocycles. The number of benzene rings is 1. The molecule has 1 aromatic rings. The molecule has 1 aromatic carbocycles. The van der Waals surface area contributed by atoms with E-state index in [1.165, 1.54) is 19.3 Å². The SMILES string of the molecule is CN(C)C1(CNc2ccc(Br)cc2C#N)CCC1. The van der Waals surface area contributed by atoms with Crippen LogP contribution in [0.1, 0.15) is 24.8 Å². The Morgan fingerprint density at radius 1 is 1.44 bits per heavy atom. The molecule has 0 heterocycles. The average molecular weight is 308 g/mol. The second-order valence-corrected chi connectivity index (χ2v) is 6.04. The normalized spacial score (nSPS) is 17.1. The van der Waals surface area contributed by atoms with Crippen LogP contribution in [0, 0.1) is 11.3 Å². The second-order valence-electron chi connectivity index (χ2n) is 5.13. The summed E-state index contributed by atoms with van der Waals surface area (Å²) in [5.74, 6) is 0. The van der Waals surface area contributed by atoms with Gasteiger partial charge in [0.1, 0.15) is 6.07 Å². The monoisotopic (exact) mass is 307 g/mol. The highest BCUT2D eigenvalue weighted by Crippen LogP contribution is 2.36. The van der Waals surface area contributed by atoms with Gasteiger partial charge in [0.2, 0.25) is 0 Å². The molecule has 1 aliphatic rings. The van der Waals surface area contributed by atoms with E-state index in [1.807, 2.05) is 18.2 Å². The highest BCUT2D eigenvalue weighted by molar-refractivity contribution is 9.10. The second kappa shape index (κ2) is 5.29. The molecule has 0 bridgehead atoms. The van der Waals surface area contributed by atoms with Crippen molar-refractivity contribution in [1.82, 2.24) is 4.90 Å². The van der Waals surface area contributed by atoms with Crippen molar-refractivity contribution < 1.29 is 0 Å². The maximum Gasteiger partial charge on any atom is 0.101 e. The third-order valence-electron chi connectivity index (χ3n) is 3.94.